The molecule has 38 heavy (non-hydrogen) atoms. The zero-order chi connectivity index (χ0) is 26.4. The summed E-state index contributed by atoms with van der Waals surface area (Å²) in [6.45, 7) is 4.63. The highest BCUT2D eigenvalue weighted by Gasteiger charge is 2.75. The van der Waals surface area contributed by atoms with Crippen molar-refractivity contribution in [3.8, 4) is 0 Å². The summed E-state index contributed by atoms with van der Waals surface area (Å²) in [5, 5.41) is 24.8. The number of carbonyl (C=O) groups is 2. The molecule has 2 saturated carbocycles. The first-order chi connectivity index (χ1) is 18.2. The Bertz CT molecular complexity index is 1360. The molecule has 0 radical (unpaired) electrons. The van der Waals surface area contributed by atoms with Gasteiger partial charge in [0.25, 0.3) is 0 Å². The first kappa shape index (κ1) is 24.5. The quantitative estimate of drug-likeness (QED) is 0.592. The normalized spacial score (nSPS) is 41.9. The lowest BCUT2D eigenvalue weighted by Crippen LogP contribution is -2.63. The Kier molecular flexibility index (Phi) is 5.29. The number of hydrogen-bond acceptors (Lipinski definition) is 7. The highest BCUT2D eigenvalue weighted by atomic mass is 16.7. The van der Waals surface area contributed by atoms with Crippen LogP contribution < -0.4 is 0 Å². The maximum atomic E-state index is 13.6. The topological polar surface area (TPSA) is 100 Å². The van der Waals surface area contributed by atoms with E-state index in [1.54, 1.807) is 6.08 Å². The van der Waals surface area contributed by atoms with Crippen molar-refractivity contribution in [2.75, 3.05) is 13.2 Å². The molecular weight excluding hydrogens is 482 g/mol. The lowest BCUT2D eigenvalue weighted by Gasteiger charge is -2.59. The molecule has 4 aliphatic carbocycles. The van der Waals surface area contributed by atoms with Crippen LogP contribution in [0.5, 0.6) is 0 Å². The average Bonchev–Trinajstić information content (AvgIpc) is 3.53. The number of aliphatic hydroxyl groups is 2. The van der Waals surface area contributed by atoms with Gasteiger partial charge in [-0.05, 0) is 49.3 Å². The molecule has 2 heterocycles. The molecule has 8 atom stereocenters. The summed E-state index contributed by atoms with van der Waals surface area (Å²) in [5.41, 5.74) is -0.253. The molecule has 7 heteroatoms. The van der Waals surface area contributed by atoms with Gasteiger partial charge in [-0.25, -0.2) is 0 Å². The minimum absolute atomic E-state index is 0.0170. The number of furan rings is 1. The van der Waals surface area contributed by atoms with Crippen molar-refractivity contribution in [2.45, 2.75) is 57.8 Å². The number of benzene rings is 1. The molecule has 2 aromatic rings. The van der Waals surface area contributed by atoms with Gasteiger partial charge in [-0.1, -0.05) is 49.8 Å². The standard InChI is InChI=1S/C31H35NO6/c1-29-10-9-21(34)12-19(29)7-8-23-24-13-20-15-32(16-22-11-18-5-3-4-6-26(18)37-22)38-31(20,27(36)17-33)30(24,2)14-25(35)28(23)29/h3-7,9-11,20,23-25,28,33,35H,8,12-17H2,1-2H3/t20-,23-,24-,25-,28+,29-,30-,31-/m0/s1. The summed E-state index contributed by atoms with van der Waals surface area (Å²) in [6.07, 6.45) is 7.67. The highest BCUT2D eigenvalue weighted by molar-refractivity contribution is 5.93. The van der Waals surface area contributed by atoms with Gasteiger partial charge >= 0.3 is 0 Å². The zero-order valence-corrected chi connectivity index (χ0v) is 21.9. The lowest BCUT2D eigenvalue weighted by molar-refractivity contribution is -0.254. The van der Waals surface area contributed by atoms with Crippen LogP contribution in [0.2, 0.25) is 0 Å². The largest absolute Gasteiger partial charge is 0.460 e. The van der Waals surface area contributed by atoms with E-state index in [1.165, 1.54) is 0 Å². The van der Waals surface area contributed by atoms with Gasteiger partial charge in [-0.15, -0.1) is 0 Å². The highest BCUT2D eigenvalue weighted by Crippen LogP contribution is 2.70. The number of hydrogen-bond donors (Lipinski definition) is 2. The fourth-order valence-electron chi connectivity index (χ4n) is 9.35. The molecule has 3 fully saturated rings. The second-order valence-corrected chi connectivity index (χ2v) is 12.6. The second kappa shape index (κ2) is 8.21. The maximum absolute atomic E-state index is 13.6. The van der Waals surface area contributed by atoms with Gasteiger partial charge in [0.1, 0.15) is 18.0 Å². The van der Waals surface area contributed by atoms with Crippen LogP contribution in [0, 0.1) is 34.5 Å². The van der Waals surface area contributed by atoms with Crippen molar-refractivity contribution in [1.29, 1.82) is 0 Å². The van der Waals surface area contributed by atoms with E-state index in [1.807, 2.05) is 41.5 Å². The minimum atomic E-state index is -1.19. The van der Waals surface area contributed by atoms with E-state index in [9.17, 15) is 19.8 Å². The number of fused-ring (bicyclic) bond motifs is 8. The fourth-order valence-corrected chi connectivity index (χ4v) is 9.35. The SMILES string of the molecule is C[C@]12C=CC(=O)CC1=CC[C@@H]1[C@@H]2[C@@H](O)C[C@@]2(C)[C@H]1C[C@H]1CN(Cc3cc4ccccc4o3)O[C@]12C(=O)CO. The van der Waals surface area contributed by atoms with E-state index >= 15 is 0 Å². The first-order valence-electron chi connectivity index (χ1n) is 13.8. The Morgan fingerprint density at radius 1 is 1.24 bits per heavy atom. The van der Waals surface area contributed by atoms with Crippen LogP contribution >= 0.6 is 0 Å². The Labute approximate surface area is 222 Å². The van der Waals surface area contributed by atoms with E-state index < -0.39 is 23.7 Å². The summed E-state index contributed by atoms with van der Waals surface area (Å²) in [6, 6.07) is 9.85. The molecule has 0 amide bonds. The van der Waals surface area contributed by atoms with Gasteiger partial charge in [0.15, 0.2) is 17.2 Å². The first-order valence-corrected chi connectivity index (χ1v) is 13.8. The fraction of sp³-hybridized carbons (Fsp3) is 0.548. The van der Waals surface area contributed by atoms with Crippen LogP contribution in [0.15, 0.2) is 58.6 Å². The third-order valence-corrected chi connectivity index (χ3v) is 10.9. The van der Waals surface area contributed by atoms with Gasteiger partial charge in [0.05, 0.1) is 12.6 Å². The summed E-state index contributed by atoms with van der Waals surface area (Å²) in [7, 11) is 0. The predicted octanol–water partition coefficient (Wildman–Crippen LogP) is 3.99. The van der Waals surface area contributed by atoms with Crippen molar-refractivity contribution in [3.63, 3.8) is 0 Å². The number of rotatable bonds is 4. The van der Waals surface area contributed by atoms with E-state index in [0.29, 0.717) is 25.9 Å². The number of nitrogens with zero attached hydrogens (tertiary/aromatic N) is 1. The second-order valence-electron chi connectivity index (χ2n) is 12.6. The molecule has 200 valence electrons. The summed E-state index contributed by atoms with van der Waals surface area (Å²) in [5.74, 6) is 0.794. The van der Waals surface area contributed by atoms with E-state index in [4.69, 9.17) is 9.25 Å². The number of ketones is 2. The van der Waals surface area contributed by atoms with Crippen LogP contribution in [0.4, 0.5) is 0 Å². The molecule has 0 bridgehead atoms. The number of para-hydroxylation sites is 1. The Morgan fingerprint density at radius 2 is 2.05 bits per heavy atom. The number of allylic oxidation sites excluding steroid dienone is 4. The Balaban J connectivity index is 1.23. The predicted molar refractivity (Wildman–Crippen MR) is 139 cm³/mol. The van der Waals surface area contributed by atoms with Crippen molar-refractivity contribution in [1.82, 2.24) is 5.06 Å². The average molecular weight is 518 g/mol. The minimum Gasteiger partial charge on any atom is -0.460 e. The number of hydroxylamine groups is 2. The van der Waals surface area contributed by atoms with E-state index in [-0.39, 0.29) is 40.7 Å². The summed E-state index contributed by atoms with van der Waals surface area (Å²) in [4.78, 5) is 32.4. The van der Waals surface area contributed by atoms with Crippen LogP contribution in [-0.4, -0.2) is 51.7 Å². The molecule has 7 rings (SSSR count). The molecular formula is C31H35NO6. The Morgan fingerprint density at radius 3 is 2.84 bits per heavy atom. The van der Waals surface area contributed by atoms with Gasteiger partial charge in [-0.2, -0.15) is 5.06 Å². The number of Topliss-reactive ketones (excluding diaryl/α,β-unsaturated/α-hetero) is 1. The van der Waals surface area contributed by atoms with Crippen LogP contribution in [0.1, 0.15) is 45.3 Å². The summed E-state index contributed by atoms with van der Waals surface area (Å²) < 4.78 is 6.03. The zero-order valence-electron chi connectivity index (χ0n) is 21.9. The molecule has 0 spiro atoms. The van der Waals surface area contributed by atoms with E-state index in [0.717, 1.165) is 35.1 Å². The monoisotopic (exact) mass is 517 g/mol. The van der Waals surface area contributed by atoms with E-state index in [2.05, 4.69) is 19.9 Å². The maximum Gasteiger partial charge on any atom is 0.192 e. The van der Waals surface area contributed by atoms with Crippen molar-refractivity contribution >= 4 is 22.5 Å². The third-order valence-electron chi connectivity index (χ3n) is 10.9. The Hall–Kier alpha value is -2.58. The summed E-state index contributed by atoms with van der Waals surface area (Å²) >= 11 is 0. The van der Waals surface area contributed by atoms with Crippen LogP contribution in [0.3, 0.4) is 0 Å². The van der Waals surface area contributed by atoms with Gasteiger partial charge < -0.3 is 14.6 Å². The van der Waals surface area contributed by atoms with Crippen molar-refractivity contribution in [2.24, 2.45) is 34.5 Å². The molecule has 7 nitrogen and oxygen atoms in total. The molecule has 1 aromatic heterocycles. The molecule has 1 aromatic carbocycles. The van der Waals surface area contributed by atoms with Gasteiger partial charge in [0, 0.05) is 41.0 Å². The smallest absolute Gasteiger partial charge is 0.192 e. The molecule has 1 aliphatic heterocycles. The third kappa shape index (κ3) is 3.10. The van der Waals surface area contributed by atoms with Crippen molar-refractivity contribution < 1.29 is 29.1 Å². The van der Waals surface area contributed by atoms with Crippen molar-refractivity contribution in [3.05, 3.63) is 59.9 Å². The number of carbonyl (C=O) groups excluding carboxylic acids is 2. The number of aliphatic hydroxyl groups excluding tert-OH is 2. The van der Waals surface area contributed by atoms with Gasteiger partial charge in [-0.3, -0.25) is 14.4 Å². The van der Waals surface area contributed by atoms with Crippen LogP contribution in [0.25, 0.3) is 11.0 Å². The van der Waals surface area contributed by atoms with Gasteiger partial charge in [0.2, 0.25) is 0 Å². The lowest BCUT2D eigenvalue weighted by atomic mass is 9.47. The molecule has 0 unspecified atom stereocenters. The van der Waals surface area contributed by atoms with Crippen LogP contribution in [-0.2, 0) is 21.0 Å². The molecule has 5 aliphatic rings. The molecule has 2 N–H and O–H groups in total. The molecule has 1 saturated heterocycles.